The van der Waals surface area contributed by atoms with Gasteiger partial charge in [0.05, 0.1) is 18.6 Å². The van der Waals surface area contributed by atoms with Gasteiger partial charge >= 0.3 is 0 Å². The summed E-state index contributed by atoms with van der Waals surface area (Å²) >= 11 is 1.07. The molecule has 5 N–H and O–H groups in total. The van der Waals surface area contributed by atoms with Crippen molar-refractivity contribution in [2.45, 2.75) is 52.7 Å². The third-order valence-electron chi connectivity index (χ3n) is 4.08. The molecule has 8 nitrogen and oxygen atoms in total. The van der Waals surface area contributed by atoms with Crippen LogP contribution in [-0.4, -0.2) is 69.9 Å². The third-order valence-corrected chi connectivity index (χ3v) is 5.15. The van der Waals surface area contributed by atoms with Crippen molar-refractivity contribution >= 4 is 28.7 Å². The minimum absolute atomic E-state index is 0.0432. The zero-order chi connectivity index (χ0) is 20.3. The van der Waals surface area contributed by atoms with Crippen molar-refractivity contribution in [2.75, 3.05) is 25.4 Å². The Morgan fingerprint density at radius 1 is 1.12 bits per heavy atom. The van der Waals surface area contributed by atoms with Crippen molar-refractivity contribution < 1.29 is 29.7 Å². The fourth-order valence-electron chi connectivity index (χ4n) is 1.91. The number of rotatable bonds is 12. The molecule has 2 amide bonds. The summed E-state index contributed by atoms with van der Waals surface area (Å²) in [6, 6.07) is 0. The quantitative estimate of drug-likeness (QED) is 0.287. The molecule has 0 aliphatic carbocycles. The molecular formula is C17H32N2O6S. The van der Waals surface area contributed by atoms with E-state index in [1.54, 1.807) is 20.8 Å². The molecule has 0 bridgehead atoms. The molecule has 1 unspecified atom stereocenters. The highest BCUT2D eigenvalue weighted by Crippen LogP contribution is 2.19. The number of hydrogen-bond acceptors (Lipinski definition) is 7. The maximum absolute atomic E-state index is 11.8. The van der Waals surface area contributed by atoms with Gasteiger partial charge in [-0.1, -0.05) is 39.5 Å². The van der Waals surface area contributed by atoms with Gasteiger partial charge in [-0.3, -0.25) is 14.4 Å². The molecular weight excluding hydrogens is 360 g/mol. The Morgan fingerprint density at radius 2 is 1.73 bits per heavy atom. The van der Waals surface area contributed by atoms with Crippen LogP contribution in [0.15, 0.2) is 0 Å². The Labute approximate surface area is 159 Å². The first kappa shape index (κ1) is 24.8. The van der Waals surface area contributed by atoms with Crippen molar-refractivity contribution in [1.82, 2.24) is 10.6 Å². The first-order chi connectivity index (χ1) is 12.1. The highest BCUT2D eigenvalue weighted by Gasteiger charge is 2.32. The molecule has 0 saturated heterocycles. The molecule has 152 valence electrons. The van der Waals surface area contributed by atoms with E-state index >= 15 is 0 Å². The van der Waals surface area contributed by atoms with Crippen LogP contribution in [-0.2, 0) is 14.4 Å². The molecule has 0 heterocycles. The summed E-state index contributed by atoms with van der Waals surface area (Å²) in [7, 11) is 0. The lowest BCUT2D eigenvalue weighted by atomic mass is 9.87. The van der Waals surface area contributed by atoms with Crippen molar-refractivity contribution in [1.29, 1.82) is 0 Å². The summed E-state index contributed by atoms with van der Waals surface area (Å²) in [5, 5.41) is 33.5. The second-order valence-electron chi connectivity index (χ2n) is 6.87. The largest absolute Gasteiger partial charge is 0.396 e. The van der Waals surface area contributed by atoms with E-state index < -0.39 is 29.4 Å². The minimum atomic E-state index is -1.36. The number of thioether (sulfide) groups is 1. The molecule has 0 aromatic carbocycles. The highest BCUT2D eigenvalue weighted by molar-refractivity contribution is 8.13. The van der Waals surface area contributed by atoms with Gasteiger partial charge in [-0.25, -0.2) is 0 Å². The van der Waals surface area contributed by atoms with Crippen molar-refractivity contribution in [3.63, 3.8) is 0 Å². The second-order valence-corrected chi connectivity index (χ2v) is 7.97. The summed E-state index contributed by atoms with van der Waals surface area (Å²) < 4.78 is 0. The predicted molar refractivity (Wildman–Crippen MR) is 100 cm³/mol. The number of aliphatic hydroxyl groups is 3. The summed E-state index contributed by atoms with van der Waals surface area (Å²) in [5.41, 5.74) is -0.960. The fourth-order valence-corrected chi connectivity index (χ4v) is 2.74. The number of nitrogens with one attached hydrogen (secondary N) is 2. The lowest BCUT2D eigenvalue weighted by Crippen LogP contribution is -2.46. The molecule has 0 spiro atoms. The van der Waals surface area contributed by atoms with E-state index in [1.807, 2.05) is 6.92 Å². The summed E-state index contributed by atoms with van der Waals surface area (Å²) in [5.74, 6) is -0.955. The average Bonchev–Trinajstić information content (AvgIpc) is 2.62. The fraction of sp³-hybridized carbons (Fsp3) is 0.824. The minimum Gasteiger partial charge on any atom is -0.396 e. The lowest BCUT2D eigenvalue weighted by molar-refractivity contribution is -0.137. The molecule has 0 aliphatic heterocycles. The summed E-state index contributed by atoms with van der Waals surface area (Å²) in [4.78, 5) is 35.2. The van der Waals surface area contributed by atoms with E-state index in [1.165, 1.54) is 0 Å². The molecule has 0 fully saturated rings. The highest BCUT2D eigenvalue weighted by atomic mass is 32.2. The SMILES string of the molecule is CCC(O)[C@@H](C)C(=O)SCCNC(=O)CCNC(=O)[C@H](O)C(C)(C)CO. The van der Waals surface area contributed by atoms with Gasteiger partial charge in [0.25, 0.3) is 0 Å². The number of carbonyl (C=O) groups is 3. The summed E-state index contributed by atoms with van der Waals surface area (Å²) in [6.07, 6.45) is -1.46. The molecule has 0 radical (unpaired) electrons. The Bertz CT molecular complexity index is 472. The molecule has 0 aromatic heterocycles. The van der Waals surface area contributed by atoms with Crippen LogP contribution in [0.3, 0.4) is 0 Å². The van der Waals surface area contributed by atoms with Gasteiger partial charge in [-0.05, 0) is 6.42 Å². The van der Waals surface area contributed by atoms with Crippen molar-refractivity contribution in [2.24, 2.45) is 11.3 Å². The zero-order valence-electron chi connectivity index (χ0n) is 15.9. The van der Waals surface area contributed by atoms with Gasteiger partial charge in [-0.2, -0.15) is 0 Å². The normalized spacial score (nSPS) is 15.0. The number of amides is 2. The van der Waals surface area contributed by atoms with Crippen LogP contribution >= 0.6 is 11.8 Å². The average molecular weight is 393 g/mol. The van der Waals surface area contributed by atoms with Gasteiger partial charge < -0.3 is 26.0 Å². The van der Waals surface area contributed by atoms with E-state index in [4.69, 9.17) is 5.11 Å². The monoisotopic (exact) mass is 392 g/mol. The topological polar surface area (TPSA) is 136 Å². The third kappa shape index (κ3) is 8.98. The van der Waals surface area contributed by atoms with Gasteiger partial charge in [0, 0.05) is 30.7 Å². The number of carbonyl (C=O) groups excluding carboxylic acids is 3. The van der Waals surface area contributed by atoms with Crippen LogP contribution in [0.25, 0.3) is 0 Å². The molecule has 0 aliphatic rings. The van der Waals surface area contributed by atoms with Crippen molar-refractivity contribution in [3.8, 4) is 0 Å². The van der Waals surface area contributed by atoms with E-state index in [-0.39, 0.29) is 30.6 Å². The summed E-state index contributed by atoms with van der Waals surface area (Å²) in [6.45, 7) is 6.63. The maximum Gasteiger partial charge on any atom is 0.249 e. The molecule has 0 aromatic rings. The van der Waals surface area contributed by atoms with Crippen LogP contribution in [0, 0.1) is 11.3 Å². The van der Waals surface area contributed by atoms with E-state index in [2.05, 4.69) is 10.6 Å². The van der Waals surface area contributed by atoms with E-state index in [9.17, 15) is 24.6 Å². The number of hydrogen-bond donors (Lipinski definition) is 5. The lowest BCUT2D eigenvalue weighted by Gasteiger charge is -2.27. The van der Waals surface area contributed by atoms with Crippen LogP contribution in [0.5, 0.6) is 0 Å². The first-order valence-electron chi connectivity index (χ1n) is 8.74. The Hall–Kier alpha value is -1.16. The van der Waals surface area contributed by atoms with Crippen molar-refractivity contribution in [3.05, 3.63) is 0 Å². The van der Waals surface area contributed by atoms with E-state index in [0.29, 0.717) is 18.7 Å². The first-order valence-corrected chi connectivity index (χ1v) is 9.73. The Morgan fingerprint density at radius 3 is 2.27 bits per heavy atom. The smallest absolute Gasteiger partial charge is 0.249 e. The molecule has 0 rings (SSSR count). The van der Waals surface area contributed by atoms with Gasteiger partial charge in [0.2, 0.25) is 11.8 Å². The molecule has 3 atom stereocenters. The van der Waals surface area contributed by atoms with Crippen LogP contribution in [0.4, 0.5) is 0 Å². The van der Waals surface area contributed by atoms with Crippen LogP contribution in [0.2, 0.25) is 0 Å². The Kier molecular flexibility index (Phi) is 11.7. The maximum atomic E-state index is 11.8. The zero-order valence-corrected chi connectivity index (χ0v) is 16.8. The number of aliphatic hydroxyl groups excluding tert-OH is 3. The van der Waals surface area contributed by atoms with Gasteiger partial charge in [0.1, 0.15) is 6.10 Å². The predicted octanol–water partition coefficient (Wildman–Crippen LogP) is -0.345. The molecule has 0 saturated carbocycles. The van der Waals surface area contributed by atoms with Gasteiger partial charge in [0.15, 0.2) is 5.12 Å². The molecule has 26 heavy (non-hydrogen) atoms. The standard InChI is InChI=1S/C17H32N2O6S/c1-5-12(21)11(2)16(25)26-9-8-18-13(22)6-7-19-15(24)14(23)17(3,4)10-20/h11-12,14,20-21,23H,5-10H2,1-4H3,(H,18,22)(H,19,24)/t11-,12?,14+/m1/s1. The molecule has 9 heteroatoms. The van der Waals surface area contributed by atoms with E-state index in [0.717, 1.165) is 11.8 Å². The Balaban J connectivity index is 3.95. The second kappa shape index (κ2) is 12.3. The van der Waals surface area contributed by atoms with Crippen LogP contribution in [0.1, 0.15) is 40.5 Å². The van der Waals surface area contributed by atoms with Gasteiger partial charge in [-0.15, -0.1) is 0 Å². The van der Waals surface area contributed by atoms with Crippen LogP contribution < -0.4 is 10.6 Å².